The van der Waals surface area contributed by atoms with Gasteiger partial charge in [-0.1, -0.05) is 48.1 Å². The number of nitrogens with one attached hydrogen (secondary N) is 2. The van der Waals surface area contributed by atoms with Crippen molar-refractivity contribution in [1.82, 2.24) is 15.0 Å². The van der Waals surface area contributed by atoms with Crippen LogP contribution in [0.25, 0.3) is 0 Å². The van der Waals surface area contributed by atoms with Gasteiger partial charge < -0.3 is 14.6 Å². The fraction of sp³-hybridized carbons (Fsp3) is 0.417. The minimum Gasteiger partial charge on any atom is -0.379 e. The van der Waals surface area contributed by atoms with Gasteiger partial charge in [0, 0.05) is 13.3 Å². The molecule has 1 amide bonds. The first-order chi connectivity index (χ1) is 15.2. The lowest BCUT2D eigenvalue weighted by atomic mass is 9.99. The van der Waals surface area contributed by atoms with Crippen molar-refractivity contribution in [2.24, 2.45) is 5.84 Å². The number of carbonyl (C=O) groups excluding carboxylic acids is 1. The predicted octanol–water partition coefficient (Wildman–Crippen LogP) is 3.28. The second kappa shape index (κ2) is 10.0. The zero-order chi connectivity index (χ0) is 21.6. The molecule has 0 saturated carbocycles. The van der Waals surface area contributed by atoms with E-state index in [4.69, 9.17) is 10.6 Å². The number of amides is 1. The summed E-state index contributed by atoms with van der Waals surface area (Å²) in [6, 6.07) is 9.86. The number of anilines is 1. The van der Waals surface area contributed by atoms with Crippen LogP contribution in [0, 0.1) is 0 Å². The Morgan fingerprint density at radius 1 is 1.35 bits per heavy atom. The SMILES string of the molecule is COC1CC2=C(C=CCC2)C1n1cnc(NC(=O)C(CCCc2ccccc2)NN)c1. The molecule has 0 spiro atoms. The van der Waals surface area contributed by atoms with E-state index >= 15 is 0 Å². The highest BCUT2D eigenvalue weighted by atomic mass is 16.5. The fourth-order valence-electron chi connectivity index (χ4n) is 4.59. The number of methoxy groups -OCH3 is 1. The van der Waals surface area contributed by atoms with E-state index in [-0.39, 0.29) is 18.1 Å². The molecule has 0 aliphatic heterocycles. The number of nitrogens with two attached hydrogens (primary N) is 1. The molecule has 2 aliphatic carbocycles. The average Bonchev–Trinajstić information content (AvgIpc) is 3.41. The largest absolute Gasteiger partial charge is 0.379 e. The molecule has 2 aromatic rings. The van der Waals surface area contributed by atoms with Crippen LogP contribution in [-0.4, -0.2) is 34.7 Å². The Morgan fingerprint density at radius 2 is 2.19 bits per heavy atom. The molecule has 3 atom stereocenters. The van der Waals surface area contributed by atoms with Crippen molar-refractivity contribution in [3.05, 3.63) is 71.7 Å². The Morgan fingerprint density at radius 3 is 2.97 bits per heavy atom. The number of rotatable bonds is 9. The van der Waals surface area contributed by atoms with E-state index in [1.807, 2.05) is 29.0 Å². The van der Waals surface area contributed by atoms with Crippen molar-refractivity contribution in [2.45, 2.75) is 56.7 Å². The van der Waals surface area contributed by atoms with Crippen LogP contribution in [0.1, 0.15) is 43.7 Å². The molecule has 1 heterocycles. The van der Waals surface area contributed by atoms with E-state index in [2.05, 4.69) is 40.0 Å². The van der Waals surface area contributed by atoms with Gasteiger partial charge in [-0.05, 0) is 49.7 Å². The number of nitrogens with zero attached hydrogens (tertiary/aromatic N) is 2. The normalized spacial score (nSPS) is 21.2. The second-order valence-corrected chi connectivity index (χ2v) is 8.22. The number of ether oxygens (including phenoxy) is 1. The summed E-state index contributed by atoms with van der Waals surface area (Å²) in [5.74, 6) is 6.01. The standard InChI is InChI=1S/C24H31N5O2/c1-31-21-14-18-11-5-6-12-19(18)23(21)29-15-22(26-16-29)27-24(30)20(28-25)13-7-10-17-8-3-2-4-9-17/h2-4,6,8-9,12,15-16,20-21,23,28H,5,7,10-11,13-14,25H2,1H3,(H,27,30). The van der Waals surface area contributed by atoms with Crippen molar-refractivity contribution in [2.75, 3.05) is 12.4 Å². The lowest BCUT2D eigenvalue weighted by molar-refractivity contribution is -0.118. The van der Waals surface area contributed by atoms with Crippen molar-refractivity contribution in [3.63, 3.8) is 0 Å². The lowest BCUT2D eigenvalue weighted by Crippen LogP contribution is -2.44. The summed E-state index contributed by atoms with van der Waals surface area (Å²) in [4.78, 5) is 17.1. The zero-order valence-corrected chi connectivity index (χ0v) is 18.0. The molecule has 4 rings (SSSR count). The van der Waals surface area contributed by atoms with Gasteiger partial charge in [0.05, 0.1) is 18.5 Å². The van der Waals surface area contributed by atoms with Gasteiger partial charge in [-0.2, -0.15) is 0 Å². The summed E-state index contributed by atoms with van der Waals surface area (Å²) in [5, 5.41) is 2.90. The van der Waals surface area contributed by atoms with E-state index in [1.165, 1.54) is 16.7 Å². The quantitative estimate of drug-likeness (QED) is 0.427. The summed E-state index contributed by atoms with van der Waals surface area (Å²) < 4.78 is 7.80. The van der Waals surface area contributed by atoms with E-state index in [0.29, 0.717) is 12.2 Å². The van der Waals surface area contributed by atoms with Crippen LogP contribution in [0.3, 0.4) is 0 Å². The summed E-state index contributed by atoms with van der Waals surface area (Å²) in [5.41, 5.74) is 6.68. The highest BCUT2D eigenvalue weighted by molar-refractivity contribution is 5.93. The molecule has 164 valence electrons. The van der Waals surface area contributed by atoms with Gasteiger partial charge in [0.25, 0.3) is 0 Å². The number of carbonyl (C=O) groups is 1. The maximum Gasteiger partial charge on any atom is 0.244 e. The highest BCUT2D eigenvalue weighted by Crippen LogP contribution is 2.42. The van der Waals surface area contributed by atoms with Gasteiger partial charge in [0.2, 0.25) is 5.91 Å². The third-order valence-electron chi connectivity index (χ3n) is 6.23. The number of imidazole rings is 1. The fourth-order valence-corrected chi connectivity index (χ4v) is 4.59. The number of benzene rings is 1. The molecular formula is C24H31N5O2. The zero-order valence-electron chi connectivity index (χ0n) is 18.0. The third-order valence-corrected chi connectivity index (χ3v) is 6.23. The van der Waals surface area contributed by atoms with Crippen LogP contribution in [-0.2, 0) is 16.0 Å². The number of hydrogen-bond acceptors (Lipinski definition) is 5. The maximum absolute atomic E-state index is 12.7. The summed E-state index contributed by atoms with van der Waals surface area (Å²) in [7, 11) is 1.76. The Kier molecular flexibility index (Phi) is 6.96. The molecule has 1 aromatic heterocycles. The van der Waals surface area contributed by atoms with E-state index in [0.717, 1.165) is 32.1 Å². The first-order valence-corrected chi connectivity index (χ1v) is 10.9. The minimum atomic E-state index is -0.470. The second-order valence-electron chi connectivity index (χ2n) is 8.22. The molecule has 0 radical (unpaired) electrons. The van der Waals surface area contributed by atoms with Crippen LogP contribution in [0.5, 0.6) is 0 Å². The van der Waals surface area contributed by atoms with E-state index in [9.17, 15) is 4.79 Å². The van der Waals surface area contributed by atoms with Gasteiger partial charge in [-0.15, -0.1) is 0 Å². The maximum atomic E-state index is 12.7. The van der Waals surface area contributed by atoms with Gasteiger partial charge in [-0.25, -0.2) is 10.4 Å². The highest BCUT2D eigenvalue weighted by Gasteiger charge is 2.35. The number of allylic oxidation sites excluding steroid dienone is 2. The van der Waals surface area contributed by atoms with Crippen LogP contribution >= 0.6 is 0 Å². The summed E-state index contributed by atoms with van der Waals surface area (Å²) in [6.07, 6.45) is 13.7. The topological polar surface area (TPSA) is 94.2 Å². The predicted molar refractivity (Wildman–Crippen MR) is 121 cm³/mol. The number of hydrazine groups is 1. The first-order valence-electron chi connectivity index (χ1n) is 10.9. The first kappa shape index (κ1) is 21.5. The molecule has 7 nitrogen and oxygen atoms in total. The minimum absolute atomic E-state index is 0.0851. The molecule has 31 heavy (non-hydrogen) atoms. The van der Waals surface area contributed by atoms with Crippen molar-refractivity contribution in [3.8, 4) is 0 Å². The molecule has 4 N–H and O–H groups in total. The van der Waals surface area contributed by atoms with Crippen LogP contribution in [0.15, 0.2) is 66.2 Å². The Labute approximate surface area is 183 Å². The molecule has 0 fully saturated rings. The van der Waals surface area contributed by atoms with Gasteiger partial charge in [0.15, 0.2) is 5.82 Å². The molecule has 7 heteroatoms. The third kappa shape index (κ3) is 4.95. The van der Waals surface area contributed by atoms with Crippen LogP contribution in [0.4, 0.5) is 5.82 Å². The molecule has 0 bridgehead atoms. The lowest BCUT2D eigenvalue weighted by Gasteiger charge is -2.22. The van der Waals surface area contributed by atoms with Crippen molar-refractivity contribution in [1.29, 1.82) is 0 Å². The Bertz CT molecular complexity index is 950. The number of aromatic nitrogens is 2. The van der Waals surface area contributed by atoms with Crippen molar-refractivity contribution >= 4 is 11.7 Å². The summed E-state index contributed by atoms with van der Waals surface area (Å²) >= 11 is 0. The number of aryl methyl sites for hydroxylation is 1. The smallest absolute Gasteiger partial charge is 0.244 e. The van der Waals surface area contributed by atoms with Crippen LogP contribution < -0.4 is 16.6 Å². The monoisotopic (exact) mass is 421 g/mol. The average molecular weight is 422 g/mol. The van der Waals surface area contributed by atoms with Crippen LogP contribution in [0.2, 0.25) is 0 Å². The number of hydrogen-bond donors (Lipinski definition) is 3. The Hall–Kier alpha value is -2.74. The molecule has 3 unspecified atom stereocenters. The summed E-state index contributed by atoms with van der Waals surface area (Å²) in [6.45, 7) is 0. The molecule has 2 aliphatic rings. The van der Waals surface area contributed by atoms with Gasteiger partial charge >= 0.3 is 0 Å². The van der Waals surface area contributed by atoms with E-state index < -0.39 is 6.04 Å². The Balaban J connectivity index is 1.36. The van der Waals surface area contributed by atoms with Gasteiger partial charge in [0.1, 0.15) is 6.04 Å². The molecular weight excluding hydrogens is 390 g/mol. The van der Waals surface area contributed by atoms with E-state index in [1.54, 1.807) is 13.4 Å². The van der Waals surface area contributed by atoms with Crippen molar-refractivity contribution < 1.29 is 9.53 Å². The molecule has 1 aromatic carbocycles. The van der Waals surface area contributed by atoms with Gasteiger partial charge in [-0.3, -0.25) is 10.6 Å². The molecule has 0 saturated heterocycles.